The quantitative estimate of drug-likeness (QED) is 0.673. The lowest BCUT2D eigenvalue weighted by atomic mass is 9.80. The highest BCUT2D eigenvalue weighted by atomic mass is 35.5. The number of halogens is 2. The highest BCUT2D eigenvalue weighted by molar-refractivity contribution is 7.19. The molecule has 0 aliphatic carbocycles. The van der Waals surface area contributed by atoms with E-state index in [0.29, 0.717) is 0 Å². The van der Waals surface area contributed by atoms with Crippen LogP contribution in [0.3, 0.4) is 0 Å². The molecular weight excluding hydrogens is 341 g/mol. The van der Waals surface area contributed by atoms with Gasteiger partial charge in [-0.05, 0) is 61.7 Å². The fourth-order valence-corrected chi connectivity index (χ4v) is 5.77. The summed E-state index contributed by atoms with van der Waals surface area (Å²) in [6, 6.07) is 8.30. The Morgan fingerprint density at radius 2 is 1.52 bits per heavy atom. The van der Waals surface area contributed by atoms with Gasteiger partial charge in [-0.1, -0.05) is 23.2 Å². The van der Waals surface area contributed by atoms with E-state index in [0.717, 1.165) is 21.1 Å². The van der Waals surface area contributed by atoms with Crippen molar-refractivity contribution in [2.75, 3.05) is 19.6 Å². The predicted molar refractivity (Wildman–Crippen MR) is 93.8 cm³/mol. The van der Waals surface area contributed by atoms with E-state index >= 15 is 0 Å². The third-order valence-corrected chi connectivity index (χ3v) is 6.93. The Hall–Kier alpha value is -0.320. The molecule has 21 heavy (non-hydrogen) atoms. The molecule has 2 aromatic rings. The molecular formula is C16H15Cl2NS2. The summed E-state index contributed by atoms with van der Waals surface area (Å²) in [6.07, 6.45) is 2.58. The second kappa shape index (κ2) is 5.71. The second-order valence-electron chi connectivity index (χ2n) is 5.66. The largest absolute Gasteiger partial charge is 0.299 e. The first-order chi connectivity index (χ1) is 10.2. The van der Waals surface area contributed by atoms with Crippen molar-refractivity contribution in [1.82, 2.24) is 4.90 Å². The van der Waals surface area contributed by atoms with Crippen LogP contribution in [0.4, 0.5) is 0 Å². The minimum atomic E-state index is 0.728. The van der Waals surface area contributed by atoms with Gasteiger partial charge in [0.25, 0.3) is 0 Å². The molecule has 0 radical (unpaired) electrons. The van der Waals surface area contributed by atoms with Crippen molar-refractivity contribution in [1.29, 1.82) is 0 Å². The number of thiophene rings is 2. The number of hydrogen-bond donors (Lipinski definition) is 0. The van der Waals surface area contributed by atoms with Crippen LogP contribution in [0.1, 0.15) is 22.6 Å². The molecule has 0 amide bonds. The molecule has 3 aliphatic rings. The molecule has 3 saturated heterocycles. The molecule has 5 heterocycles. The van der Waals surface area contributed by atoms with Crippen molar-refractivity contribution >= 4 is 51.4 Å². The number of fused-ring (bicyclic) bond motifs is 3. The van der Waals surface area contributed by atoms with Crippen molar-refractivity contribution < 1.29 is 0 Å². The predicted octanol–water partition coefficient (Wildman–Crippen LogP) is 5.64. The van der Waals surface area contributed by atoms with Crippen molar-refractivity contribution in [3.63, 3.8) is 0 Å². The molecule has 2 aromatic heterocycles. The van der Waals surface area contributed by atoms with E-state index in [9.17, 15) is 0 Å². The lowest BCUT2D eigenvalue weighted by molar-refractivity contribution is 0.162. The molecule has 3 aliphatic heterocycles. The summed E-state index contributed by atoms with van der Waals surface area (Å²) >= 11 is 15.7. The minimum absolute atomic E-state index is 0.728. The molecule has 0 spiro atoms. The van der Waals surface area contributed by atoms with Crippen LogP contribution in [-0.2, 0) is 0 Å². The lowest BCUT2D eigenvalue weighted by Gasteiger charge is -2.42. The standard InChI is InChI=1S/C16H15Cl2NS2/c17-14-3-1-12(20-14)16(13-2-4-15(18)21-13)11-9-19-7-5-10(11)6-8-19/h1-4,10H,5-9H2. The second-order valence-corrected chi connectivity index (χ2v) is 9.09. The van der Waals surface area contributed by atoms with Gasteiger partial charge in [-0.3, -0.25) is 4.90 Å². The highest BCUT2D eigenvalue weighted by Gasteiger charge is 2.32. The number of rotatable bonds is 2. The summed E-state index contributed by atoms with van der Waals surface area (Å²) in [5.41, 5.74) is 2.97. The van der Waals surface area contributed by atoms with Crippen LogP contribution in [0, 0.1) is 5.92 Å². The molecule has 110 valence electrons. The van der Waals surface area contributed by atoms with Gasteiger partial charge in [-0.25, -0.2) is 0 Å². The van der Waals surface area contributed by atoms with Crippen LogP contribution in [-0.4, -0.2) is 24.5 Å². The van der Waals surface area contributed by atoms with E-state index in [2.05, 4.69) is 17.0 Å². The Balaban J connectivity index is 1.87. The molecule has 3 fully saturated rings. The molecule has 5 rings (SSSR count). The molecule has 0 aromatic carbocycles. The molecule has 0 N–H and O–H groups in total. The summed E-state index contributed by atoms with van der Waals surface area (Å²) in [5, 5.41) is 0. The van der Waals surface area contributed by atoms with Gasteiger partial charge in [0.05, 0.1) is 8.67 Å². The Morgan fingerprint density at radius 1 is 0.952 bits per heavy atom. The summed E-state index contributed by atoms with van der Waals surface area (Å²) < 4.78 is 1.71. The molecule has 0 unspecified atom stereocenters. The summed E-state index contributed by atoms with van der Waals surface area (Å²) in [6.45, 7) is 3.60. The molecule has 5 heteroatoms. The molecule has 0 saturated carbocycles. The molecule has 0 atom stereocenters. The number of hydrogen-bond acceptors (Lipinski definition) is 3. The lowest BCUT2D eigenvalue weighted by Crippen LogP contribution is -2.43. The van der Waals surface area contributed by atoms with Crippen molar-refractivity contribution in [3.8, 4) is 0 Å². The van der Waals surface area contributed by atoms with Crippen LogP contribution >= 0.6 is 45.9 Å². The van der Waals surface area contributed by atoms with Crippen LogP contribution in [0.5, 0.6) is 0 Å². The first-order valence-corrected chi connectivity index (χ1v) is 9.56. The van der Waals surface area contributed by atoms with Crippen LogP contribution in [0.15, 0.2) is 29.8 Å². The smallest absolute Gasteiger partial charge is 0.0934 e. The van der Waals surface area contributed by atoms with Crippen LogP contribution in [0.2, 0.25) is 8.67 Å². The zero-order valence-electron chi connectivity index (χ0n) is 11.4. The SMILES string of the molecule is Clc1ccc(C(=C2CN3CCC2CC3)c2ccc(Cl)s2)s1. The van der Waals surface area contributed by atoms with Gasteiger partial charge in [-0.15, -0.1) is 22.7 Å². The Kier molecular flexibility index (Phi) is 3.88. The molecule has 2 bridgehead atoms. The Morgan fingerprint density at radius 3 is 1.90 bits per heavy atom. The maximum absolute atomic E-state index is 6.18. The Bertz CT molecular complexity index is 650. The average molecular weight is 356 g/mol. The van der Waals surface area contributed by atoms with Crippen LogP contribution < -0.4 is 0 Å². The van der Waals surface area contributed by atoms with Crippen molar-refractivity contribution in [3.05, 3.63) is 48.3 Å². The zero-order valence-corrected chi connectivity index (χ0v) is 14.6. The first-order valence-electron chi connectivity index (χ1n) is 7.17. The van der Waals surface area contributed by atoms with Crippen molar-refractivity contribution in [2.45, 2.75) is 12.8 Å². The monoisotopic (exact) mass is 355 g/mol. The fraction of sp³-hybridized carbons (Fsp3) is 0.375. The van der Waals surface area contributed by atoms with Gasteiger partial charge in [0, 0.05) is 21.9 Å². The van der Waals surface area contributed by atoms with E-state index in [1.165, 1.54) is 41.3 Å². The van der Waals surface area contributed by atoms with E-state index in [1.807, 2.05) is 12.1 Å². The normalized spacial score (nSPS) is 24.6. The van der Waals surface area contributed by atoms with E-state index in [4.69, 9.17) is 23.2 Å². The third-order valence-electron chi connectivity index (χ3n) is 4.43. The maximum Gasteiger partial charge on any atom is 0.0934 e. The van der Waals surface area contributed by atoms with Gasteiger partial charge in [-0.2, -0.15) is 0 Å². The first kappa shape index (κ1) is 14.3. The number of piperidine rings is 3. The van der Waals surface area contributed by atoms with E-state index < -0.39 is 0 Å². The van der Waals surface area contributed by atoms with Gasteiger partial charge in [0.1, 0.15) is 0 Å². The fourth-order valence-electron chi connectivity index (χ4n) is 3.43. The summed E-state index contributed by atoms with van der Waals surface area (Å²) in [7, 11) is 0. The number of nitrogens with zero attached hydrogens (tertiary/aromatic N) is 1. The van der Waals surface area contributed by atoms with Gasteiger partial charge < -0.3 is 0 Å². The third kappa shape index (κ3) is 2.71. The summed E-state index contributed by atoms with van der Waals surface area (Å²) in [4.78, 5) is 5.13. The zero-order chi connectivity index (χ0) is 14.4. The van der Waals surface area contributed by atoms with Crippen molar-refractivity contribution in [2.24, 2.45) is 5.92 Å². The Labute approximate surface area is 142 Å². The summed E-state index contributed by atoms with van der Waals surface area (Å²) in [5.74, 6) is 0.728. The van der Waals surface area contributed by atoms with E-state index in [1.54, 1.807) is 28.2 Å². The van der Waals surface area contributed by atoms with Gasteiger partial charge in [0.2, 0.25) is 0 Å². The van der Waals surface area contributed by atoms with E-state index in [-0.39, 0.29) is 0 Å². The van der Waals surface area contributed by atoms with Gasteiger partial charge in [0.15, 0.2) is 0 Å². The molecule has 1 nitrogen and oxygen atoms in total. The average Bonchev–Trinajstić information content (AvgIpc) is 3.10. The van der Waals surface area contributed by atoms with Crippen LogP contribution in [0.25, 0.3) is 5.57 Å². The highest BCUT2D eigenvalue weighted by Crippen LogP contribution is 2.44. The minimum Gasteiger partial charge on any atom is -0.299 e. The maximum atomic E-state index is 6.18. The topological polar surface area (TPSA) is 3.24 Å². The van der Waals surface area contributed by atoms with Gasteiger partial charge >= 0.3 is 0 Å².